The van der Waals surface area contributed by atoms with Crippen LogP contribution >= 0.6 is 0 Å². The van der Waals surface area contributed by atoms with Gasteiger partial charge >= 0.3 is 0 Å². The van der Waals surface area contributed by atoms with Crippen LogP contribution in [0.2, 0.25) is 0 Å². The Bertz CT molecular complexity index is 571. The zero-order chi connectivity index (χ0) is 14.2. The molecule has 0 saturated carbocycles. The minimum absolute atomic E-state index is 0.00342. The summed E-state index contributed by atoms with van der Waals surface area (Å²) in [6.07, 6.45) is 5.88. The molecule has 0 bridgehead atoms. The quantitative estimate of drug-likeness (QED) is 0.757. The average Bonchev–Trinajstić information content (AvgIpc) is 3.07. The lowest BCUT2D eigenvalue weighted by Gasteiger charge is -2.20. The van der Waals surface area contributed by atoms with Crippen LogP contribution in [0.3, 0.4) is 0 Å². The summed E-state index contributed by atoms with van der Waals surface area (Å²) in [4.78, 5) is 2.53. The summed E-state index contributed by atoms with van der Waals surface area (Å²) in [5, 5.41) is 12.8. The van der Waals surface area contributed by atoms with Crippen LogP contribution in [-0.4, -0.2) is 60.0 Å². The topological polar surface area (TPSA) is 87.5 Å². The molecule has 7 nitrogen and oxygen atoms in total. The number of aliphatic hydroxyl groups excluding tert-OH is 1. The monoisotopic (exact) mass is 300 g/mol. The number of nitrogens with zero attached hydrogens (tertiary/aromatic N) is 3. The summed E-state index contributed by atoms with van der Waals surface area (Å²) in [5.74, 6) is 0. The molecule has 2 fully saturated rings. The molecule has 0 aliphatic carbocycles. The maximum atomic E-state index is 12.3. The number of rotatable bonds is 5. The number of nitrogens with one attached hydrogen (secondary N) is 1. The van der Waals surface area contributed by atoms with Gasteiger partial charge in [-0.2, -0.15) is 5.10 Å². The maximum absolute atomic E-state index is 12.3. The van der Waals surface area contributed by atoms with Gasteiger partial charge in [-0.05, 0) is 25.8 Å². The average molecular weight is 300 g/mol. The Morgan fingerprint density at radius 1 is 1.40 bits per heavy atom. The van der Waals surface area contributed by atoms with Gasteiger partial charge in [0.1, 0.15) is 4.90 Å². The smallest absolute Gasteiger partial charge is 0.243 e. The summed E-state index contributed by atoms with van der Waals surface area (Å²) < 4.78 is 28.9. The van der Waals surface area contributed by atoms with Crippen LogP contribution in [0.4, 0.5) is 0 Å². The van der Waals surface area contributed by atoms with Crippen molar-refractivity contribution in [2.24, 2.45) is 0 Å². The van der Waals surface area contributed by atoms with Crippen molar-refractivity contribution in [3.63, 3.8) is 0 Å². The van der Waals surface area contributed by atoms with E-state index in [9.17, 15) is 8.42 Å². The third kappa shape index (κ3) is 2.60. The lowest BCUT2D eigenvalue weighted by atomic mass is 10.1. The zero-order valence-corrected chi connectivity index (χ0v) is 12.1. The zero-order valence-electron chi connectivity index (χ0n) is 11.3. The molecular formula is C12H20N4O3S. The molecule has 0 amide bonds. The molecule has 2 aliphatic heterocycles. The van der Waals surface area contributed by atoms with Crippen LogP contribution in [0.25, 0.3) is 0 Å². The molecule has 2 unspecified atom stereocenters. The predicted octanol–water partition coefficient (Wildman–Crippen LogP) is -0.610. The molecule has 20 heavy (non-hydrogen) atoms. The van der Waals surface area contributed by atoms with Crippen molar-refractivity contribution in [3.8, 4) is 0 Å². The minimum atomic E-state index is -3.52. The summed E-state index contributed by atoms with van der Waals surface area (Å²) in [5.41, 5.74) is 0. The van der Waals surface area contributed by atoms with E-state index in [4.69, 9.17) is 5.11 Å². The van der Waals surface area contributed by atoms with E-state index in [1.165, 1.54) is 17.1 Å². The number of aliphatic hydroxyl groups is 1. The van der Waals surface area contributed by atoms with Gasteiger partial charge in [0, 0.05) is 24.8 Å². The van der Waals surface area contributed by atoms with Crippen molar-refractivity contribution < 1.29 is 13.5 Å². The van der Waals surface area contributed by atoms with E-state index < -0.39 is 10.0 Å². The summed E-state index contributed by atoms with van der Waals surface area (Å²) >= 11 is 0. The highest BCUT2D eigenvalue weighted by Gasteiger charge is 2.39. The van der Waals surface area contributed by atoms with Gasteiger partial charge in [0.2, 0.25) is 10.0 Å². The first kappa shape index (κ1) is 14.0. The standard InChI is InChI=1S/C12H20N4O3S/c17-7-6-16-9-10(8-13-16)20(18,19)14-11-3-5-15-4-1-2-12(11)15/h8-9,11-12,14,17H,1-7H2. The Labute approximate surface area is 118 Å². The summed E-state index contributed by atoms with van der Waals surface area (Å²) in [7, 11) is -3.52. The third-order valence-electron chi connectivity index (χ3n) is 4.16. The fourth-order valence-corrected chi connectivity index (χ4v) is 4.45. The molecule has 1 aromatic heterocycles. The minimum Gasteiger partial charge on any atom is -0.394 e. The van der Waals surface area contributed by atoms with Gasteiger partial charge in [0.15, 0.2) is 0 Å². The van der Waals surface area contributed by atoms with E-state index >= 15 is 0 Å². The van der Waals surface area contributed by atoms with Crippen LogP contribution in [0.1, 0.15) is 19.3 Å². The van der Waals surface area contributed by atoms with Crippen LogP contribution in [0, 0.1) is 0 Å². The van der Waals surface area contributed by atoms with E-state index in [2.05, 4.69) is 14.7 Å². The SMILES string of the molecule is O=S(=O)(NC1CCN2CCCC12)c1cnn(CCO)c1. The van der Waals surface area contributed by atoms with E-state index in [-0.39, 0.29) is 17.5 Å². The van der Waals surface area contributed by atoms with Crippen molar-refractivity contribution in [3.05, 3.63) is 12.4 Å². The lowest BCUT2D eigenvalue weighted by molar-refractivity contribution is 0.269. The Morgan fingerprint density at radius 3 is 3.05 bits per heavy atom. The summed E-state index contributed by atoms with van der Waals surface area (Å²) in [6.45, 7) is 2.29. The van der Waals surface area contributed by atoms with E-state index in [1.54, 1.807) is 0 Å². The number of sulfonamides is 1. The molecule has 0 aromatic carbocycles. The van der Waals surface area contributed by atoms with Crippen molar-refractivity contribution in [1.29, 1.82) is 0 Å². The second-order valence-corrected chi connectivity index (χ2v) is 7.14. The first-order valence-corrected chi connectivity index (χ1v) is 8.48. The molecular weight excluding hydrogens is 280 g/mol. The Morgan fingerprint density at radius 2 is 2.25 bits per heavy atom. The second kappa shape index (κ2) is 5.44. The Hall–Kier alpha value is -0.960. The van der Waals surface area contributed by atoms with E-state index in [0.717, 1.165) is 32.4 Å². The van der Waals surface area contributed by atoms with Crippen molar-refractivity contribution in [2.45, 2.75) is 42.8 Å². The van der Waals surface area contributed by atoms with Gasteiger partial charge in [-0.15, -0.1) is 0 Å². The molecule has 3 heterocycles. The van der Waals surface area contributed by atoms with Gasteiger partial charge in [0.25, 0.3) is 0 Å². The molecule has 3 rings (SSSR count). The fourth-order valence-electron chi connectivity index (χ4n) is 3.20. The molecule has 112 valence electrons. The predicted molar refractivity (Wildman–Crippen MR) is 72.6 cm³/mol. The number of fused-ring (bicyclic) bond motifs is 1. The normalized spacial score (nSPS) is 27.1. The molecule has 0 radical (unpaired) electrons. The highest BCUT2D eigenvalue weighted by atomic mass is 32.2. The number of hydrogen-bond donors (Lipinski definition) is 2. The molecule has 8 heteroatoms. The largest absolute Gasteiger partial charge is 0.394 e. The summed E-state index contributed by atoms with van der Waals surface area (Å²) in [6, 6.07) is 0.348. The fraction of sp³-hybridized carbons (Fsp3) is 0.750. The molecule has 2 atom stereocenters. The van der Waals surface area contributed by atoms with Gasteiger partial charge in [0.05, 0.1) is 19.3 Å². The lowest BCUT2D eigenvalue weighted by Crippen LogP contribution is -2.42. The molecule has 0 spiro atoms. The second-order valence-electron chi connectivity index (χ2n) is 5.42. The third-order valence-corrected chi connectivity index (χ3v) is 5.61. The van der Waals surface area contributed by atoms with Crippen LogP contribution in [0.5, 0.6) is 0 Å². The van der Waals surface area contributed by atoms with Crippen LogP contribution < -0.4 is 4.72 Å². The highest BCUT2D eigenvalue weighted by molar-refractivity contribution is 7.89. The first-order chi connectivity index (χ1) is 9.60. The van der Waals surface area contributed by atoms with Gasteiger partial charge in [-0.25, -0.2) is 13.1 Å². The van der Waals surface area contributed by atoms with Gasteiger partial charge in [-0.3, -0.25) is 9.58 Å². The van der Waals surface area contributed by atoms with Gasteiger partial charge < -0.3 is 5.11 Å². The Kier molecular flexibility index (Phi) is 3.80. The Balaban J connectivity index is 1.71. The van der Waals surface area contributed by atoms with Crippen LogP contribution in [-0.2, 0) is 16.6 Å². The molecule has 1 aromatic rings. The van der Waals surface area contributed by atoms with E-state index in [1.807, 2.05) is 0 Å². The van der Waals surface area contributed by atoms with Crippen LogP contribution in [0.15, 0.2) is 17.3 Å². The van der Waals surface area contributed by atoms with Crippen molar-refractivity contribution in [2.75, 3.05) is 19.7 Å². The maximum Gasteiger partial charge on any atom is 0.243 e. The van der Waals surface area contributed by atoms with Crippen molar-refractivity contribution >= 4 is 10.0 Å². The van der Waals surface area contributed by atoms with Gasteiger partial charge in [-0.1, -0.05) is 0 Å². The highest BCUT2D eigenvalue weighted by Crippen LogP contribution is 2.28. The number of aromatic nitrogens is 2. The van der Waals surface area contributed by atoms with Crippen molar-refractivity contribution in [1.82, 2.24) is 19.4 Å². The molecule has 2 aliphatic rings. The molecule has 2 N–H and O–H groups in total. The van der Waals surface area contributed by atoms with E-state index in [0.29, 0.717) is 12.6 Å². The first-order valence-electron chi connectivity index (χ1n) is 7.00. The number of hydrogen-bond acceptors (Lipinski definition) is 5. The molecule has 2 saturated heterocycles.